The van der Waals surface area contributed by atoms with E-state index in [0.717, 1.165) is 17.1 Å². The molecule has 0 unspecified atom stereocenters. The zero-order valence-corrected chi connectivity index (χ0v) is 39.2. The molecule has 2 heteroatoms. The average Bonchev–Trinajstić information content (AvgIpc) is 4.07. The number of hydrogen-bond donors (Lipinski definition) is 0. The van der Waals surface area contributed by atoms with Crippen molar-refractivity contribution in [1.82, 2.24) is 0 Å². The molecule has 328 valence electrons. The van der Waals surface area contributed by atoms with Crippen LogP contribution in [0.5, 0.6) is 0 Å². The Kier molecular flexibility index (Phi) is 9.27. The standard InChI is InChI=1S/C68H45NS/c1-5-20-46(21-6-1)47-36-39-52(40-37-47)69(64-34-19-31-59-58-30-15-18-35-65(58)70-66(59)64)53-41-43-57-56-42-38-51(44-62(56)67(63(57)45-53,48-22-7-2-8-23-48)49-24-9-3-10-25-49)68(50-26-11-4-12-27-50)60-32-16-13-28-54(60)55-29-14-17-33-61(55)68/h1-45H. The number of nitrogens with zero attached hydrogens (tertiary/aromatic N) is 1. The van der Waals surface area contributed by atoms with Crippen LogP contribution in [0.3, 0.4) is 0 Å². The van der Waals surface area contributed by atoms with Gasteiger partial charge in [0.15, 0.2) is 0 Å². The van der Waals surface area contributed by atoms with Gasteiger partial charge in [-0.25, -0.2) is 0 Å². The molecule has 2 aliphatic carbocycles. The molecule has 0 saturated heterocycles. The quantitative estimate of drug-likeness (QED) is 0.147. The highest BCUT2D eigenvalue weighted by atomic mass is 32.1. The van der Waals surface area contributed by atoms with Crippen LogP contribution in [-0.2, 0) is 10.8 Å². The number of benzene rings is 11. The van der Waals surface area contributed by atoms with Gasteiger partial charge >= 0.3 is 0 Å². The predicted molar refractivity (Wildman–Crippen MR) is 294 cm³/mol. The molecule has 1 heterocycles. The van der Waals surface area contributed by atoms with E-state index < -0.39 is 10.8 Å². The van der Waals surface area contributed by atoms with Gasteiger partial charge in [0.25, 0.3) is 0 Å². The van der Waals surface area contributed by atoms with Crippen LogP contribution in [0, 0.1) is 0 Å². The Morgan fingerprint density at radius 1 is 0.286 bits per heavy atom. The van der Waals surface area contributed by atoms with Crippen molar-refractivity contribution < 1.29 is 0 Å². The van der Waals surface area contributed by atoms with E-state index in [-0.39, 0.29) is 0 Å². The Hall–Kier alpha value is -8.56. The van der Waals surface area contributed by atoms with E-state index >= 15 is 0 Å². The third-order valence-electron chi connectivity index (χ3n) is 15.2. The molecule has 0 N–H and O–H groups in total. The molecule has 0 fully saturated rings. The molecule has 70 heavy (non-hydrogen) atoms. The summed E-state index contributed by atoms with van der Waals surface area (Å²) in [5.74, 6) is 0. The first-order chi connectivity index (χ1) is 34.7. The lowest BCUT2D eigenvalue weighted by molar-refractivity contribution is 0.742. The molecule has 0 aliphatic heterocycles. The number of anilines is 3. The van der Waals surface area contributed by atoms with Crippen molar-refractivity contribution in [2.45, 2.75) is 10.8 Å². The van der Waals surface area contributed by atoms with Gasteiger partial charge in [0.1, 0.15) is 0 Å². The van der Waals surface area contributed by atoms with Crippen LogP contribution in [0.15, 0.2) is 273 Å². The monoisotopic (exact) mass is 907 g/mol. The van der Waals surface area contributed by atoms with Crippen molar-refractivity contribution in [1.29, 1.82) is 0 Å². The highest BCUT2D eigenvalue weighted by molar-refractivity contribution is 7.26. The second-order valence-electron chi connectivity index (χ2n) is 18.7. The number of fused-ring (bicyclic) bond motifs is 9. The van der Waals surface area contributed by atoms with Crippen LogP contribution in [0.1, 0.15) is 44.5 Å². The summed E-state index contributed by atoms with van der Waals surface area (Å²) in [6, 6.07) is 102. The Morgan fingerprint density at radius 2 is 0.743 bits per heavy atom. The fourth-order valence-electron chi connectivity index (χ4n) is 12.3. The van der Waals surface area contributed by atoms with Crippen LogP contribution < -0.4 is 4.90 Å². The first-order valence-corrected chi connectivity index (χ1v) is 25.1. The summed E-state index contributed by atoms with van der Waals surface area (Å²) in [5, 5.41) is 2.56. The average molecular weight is 908 g/mol. The topological polar surface area (TPSA) is 3.24 Å². The Balaban J connectivity index is 1.05. The smallest absolute Gasteiger partial charge is 0.0714 e. The molecule has 0 atom stereocenters. The van der Waals surface area contributed by atoms with Gasteiger partial charge in [-0.1, -0.05) is 237 Å². The highest BCUT2D eigenvalue weighted by Gasteiger charge is 2.50. The van der Waals surface area contributed by atoms with Gasteiger partial charge in [-0.05, 0) is 114 Å². The first-order valence-electron chi connectivity index (χ1n) is 24.2. The van der Waals surface area contributed by atoms with Crippen molar-refractivity contribution in [3.05, 3.63) is 317 Å². The van der Waals surface area contributed by atoms with E-state index in [0.29, 0.717) is 0 Å². The minimum atomic E-state index is -0.665. The van der Waals surface area contributed by atoms with E-state index in [1.807, 2.05) is 11.3 Å². The van der Waals surface area contributed by atoms with Crippen molar-refractivity contribution in [3.8, 4) is 33.4 Å². The minimum absolute atomic E-state index is 0.547. The third kappa shape index (κ3) is 5.84. The van der Waals surface area contributed by atoms with E-state index in [1.165, 1.54) is 98.1 Å². The molecule has 2 aliphatic rings. The summed E-state index contributed by atoms with van der Waals surface area (Å²) < 4.78 is 2.56. The highest BCUT2D eigenvalue weighted by Crippen LogP contribution is 2.61. The second-order valence-corrected chi connectivity index (χ2v) is 19.7. The molecular weight excluding hydrogens is 863 g/mol. The van der Waals surface area contributed by atoms with E-state index in [9.17, 15) is 0 Å². The van der Waals surface area contributed by atoms with E-state index in [2.05, 4.69) is 278 Å². The van der Waals surface area contributed by atoms with Crippen LogP contribution in [0.4, 0.5) is 17.1 Å². The van der Waals surface area contributed by atoms with Crippen molar-refractivity contribution >= 4 is 48.6 Å². The summed E-state index contributed by atoms with van der Waals surface area (Å²) in [6.07, 6.45) is 0. The largest absolute Gasteiger partial charge is 0.309 e. The van der Waals surface area contributed by atoms with Gasteiger partial charge in [-0.2, -0.15) is 0 Å². The van der Waals surface area contributed by atoms with Crippen LogP contribution in [0.25, 0.3) is 53.6 Å². The molecule has 0 saturated carbocycles. The molecular formula is C68H45NS. The fraction of sp³-hybridized carbons (Fsp3) is 0.0294. The molecule has 0 radical (unpaired) electrons. The molecule has 11 aromatic carbocycles. The number of rotatable bonds is 8. The normalized spacial score (nSPS) is 13.7. The molecule has 1 nitrogen and oxygen atoms in total. The van der Waals surface area contributed by atoms with Gasteiger partial charge in [0.2, 0.25) is 0 Å². The first kappa shape index (κ1) is 40.5. The van der Waals surface area contributed by atoms with Gasteiger partial charge < -0.3 is 4.90 Å². The van der Waals surface area contributed by atoms with Crippen LogP contribution in [0.2, 0.25) is 0 Å². The second kappa shape index (κ2) is 16.0. The third-order valence-corrected chi connectivity index (χ3v) is 16.5. The lowest BCUT2D eigenvalue weighted by atomic mass is 9.64. The van der Waals surface area contributed by atoms with Gasteiger partial charge in [-0.15, -0.1) is 11.3 Å². The summed E-state index contributed by atoms with van der Waals surface area (Å²) in [6.45, 7) is 0. The zero-order chi connectivity index (χ0) is 46.2. The molecule has 0 amide bonds. The van der Waals surface area contributed by atoms with Gasteiger partial charge in [0.05, 0.1) is 21.2 Å². The Bertz CT molecular complexity index is 3840. The molecule has 12 aromatic rings. The van der Waals surface area contributed by atoms with Crippen molar-refractivity contribution in [2.24, 2.45) is 0 Å². The SMILES string of the molecule is c1ccc(-c2ccc(N(c3ccc4c(c3)C(c3ccccc3)(c3ccccc3)c3cc(C5(c6ccccc6)c6ccccc6-c6ccccc65)ccc3-4)c3cccc4c3sc3ccccc34)cc2)cc1. The van der Waals surface area contributed by atoms with Gasteiger partial charge in [-0.3, -0.25) is 0 Å². The summed E-state index contributed by atoms with van der Waals surface area (Å²) in [4.78, 5) is 2.50. The number of hydrogen-bond acceptors (Lipinski definition) is 2. The lowest BCUT2D eigenvalue weighted by Crippen LogP contribution is -2.31. The van der Waals surface area contributed by atoms with E-state index in [4.69, 9.17) is 0 Å². The van der Waals surface area contributed by atoms with Gasteiger partial charge in [0, 0.05) is 26.8 Å². The predicted octanol–water partition coefficient (Wildman–Crippen LogP) is 17.9. The molecule has 0 spiro atoms. The maximum atomic E-state index is 2.58. The zero-order valence-electron chi connectivity index (χ0n) is 38.3. The summed E-state index contributed by atoms with van der Waals surface area (Å²) >= 11 is 1.87. The fourth-order valence-corrected chi connectivity index (χ4v) is 13.5. The minimum Gasteiger partial charge on any atom is -0.309 e. The maximum Gasteiger partial charge on any atom is 0.0714 e. The Morgan fingerprint density at radius 3 is 1.37 bits per heavy atom. The van der Waals surface area contributed by atoms with E-state index in [1.54, 1.807) is 0 Å². The number of thiophene rings is 1. The molecule has 1 aromatic heterocycles. The molecule has 0 bridgehead atoms. The van der Waals surface area contributed by atoms with Crippen molar-refractivity contribution in [2.75, 3.05) is 4.90 Å². The maximum absolute atomic E-state index is 2.58. The summed E-state index contributed by atoms with van der Waals surface area (Å²) in [5.41, 5.74) is 19.8. The van der Waals surface area contributed by atoms with Crippen LogP contribution in [-0.4, -0.2) is 0 Å². The Labute approximate surface area is 412 Å². The van der Waals surface area contributed by atoms with Crippen LogP contribution >= 0.6 is 11.3 Å². The lowest BCUT2D eigenvalue weighted by Gasteiger charge is -2.37. The van der Waals surface area contributed by atoms with Crippen molar-refractivity contribution in [3.63, 3.8) is 0 Å². The molecule has 14 rings (SSSR count). The summed E-state index contributed by atoms with van der Waals surface area (Å²) in [7, 11) is 0.